The molecule has 0 aromatic heterocycles. The molecular formula is C12H16ClNO. The first-order chi connectivity index (χ1) is 7.25. The van der Waals surface area contributed by atoms with E-state index in [9.17, 15) is 0 Å². The lowest BCUT2D eigenvalue weighted by atomic mass is 10.1. The topological polar surface area (TPSA) is 21.3 Å². The largest absolute Gasteiger partial charge is 0.489 e. The van der Waals surface area contributed by atoms with E-state index in [2.05, 4.69) is 5.32 Å². The summed E-state index contributed by atoms with van der Waals surface area (Å²) in [4.78, 5) is 0. The Balaban J connectivity index is 2.03. The molecule has 1 aromatic carbocycles. The number of nitrogens with one attached hydrogen (secondary N) is 1. The van der Waals surface area contributed by atoms with Gasteiger partial charge < -0.3 is 10.1 Å². The van der Waals surface area contributed by atoms with Gasteiger partial charge in [-0.05, 0) is 50.1 Å². The van der Waals surface area contributed by atoms with Crippen molar-refractivity contribution in [2.45, 2.75) is 25.9 Å². The van der Waals surface area contributed by atoms with Gasteiger partial charge in [0.2, 0.25) is 0 Å². The predicted molar refractivity (Wildman–Crippen MR) is 62.7 cm³/mol. The zero-order valence-electron chi connectivity index (χ0n) is 8.92. The van der Waals surface area contributed by atoms with E-state index in [4.69, 9.17) is 16.3 Å². The molecular weight excluding hydrogens is 210 g/mol. The summed E-state index contributed by atoms with van der Waals surface area (Å²) in [6, 6.07) is 5.76. The van der Waals surface area contributed by atoms with E-state index in [1.54, 1.807) is 0 Å². The van der Waals surface area contributed by atoms with Gasteiger partial charge in [0.05, 0.1) is 0 Å². The average Bonchev–Trinajstić information content (AvgIpc) is 2.24. The first kappa shape index (κ1) is 10.8. The molecule has 82 valence electrons. The van der Waals surface area contributed by atoms with Crippen molar-refractivity contribution in [1.82, 2.24) is 5.32 Å². The molecule has 2 rings (SSSR count). The van der Waals surface area contributed by atoms with Crippen molar-refractivity contribution in [1.29, 1.82) is 0 Å². The molecule has 15 heavy (non-hydrogen) atoms. The first-order valence-corrected chi connectivity index (χ1v) is 5.77. The second kappa shape index (κ2) is 4.86. The summed E-state index contributed by atoms with van der Waals surface area (Å²) >= 11 is 5.89. The van der Waals surface area contributed by atoms with Gasteiger partial charge in [0, 0.05) is 11.6 Å². The molecule has 1 aliphatic rings. The Morgan fingerprint density at radius 1 is 1.47 bits per heavy atom. The van der Waals surface area contributed by atoms with Crippen molar-refractivity contribution in [3.8, 4) is 5.75 Å². The number of benzene rings is 1. The molecule has 0 aliphatic carbocycles. The van der Waals surface area contributed by atoms with E-state index in [1.807, 2.05) is 25.1 Å². The molecule has 1 atom stereocenters. The van der Waals surface area contributed by atoms with E-state index in [0.717, 1.165) is 35.8 Å². The van der Waals surface area contributed by atoms with Crippen LogP contribution in [0.2, 0.25) is 5.02 Å². The molecule has 0 radical (unpaired) electrons. The van der Waals surface area contributed by atoms with Gasteiger partial charge in [0.15, 0.2) is 0 Å². The standard InChI is InChI=1S/C12H16ClNO/c1-9-7-10(13)4-5-12(9)15-11-3-2-6-14-8-11/h4-5,7,11,14H,2-3,6,8H2,1H3. The fourth-order valence-corrected chi connectivity index (χ4v) is 2.07. The zero-order valence-corrected chi connectivity index (χ0v) is 9.68. The van der Waals surface area contributed by atoms with Crippen LogP contribution in [0.4, 0.5) is 0 Å². The zero-order chi connectivity index (χ0) is 10.7. The lowest BCUT2D eigenvalue weighted by Crippen LogP contribution is -2.37. The van der Waals surface area contributed by atoms with Gasteiger partial charge in [0.25, 0.3) is 0 Å². The fourth-order valence-electron chi connectivity index (χ4n) is 1.85. The van der Waals surface area contributed by atoms with Crippen LogP contribution in [0, 0.1) is 6.92 Å². The average molecular weight is 226 g/mol. The second-order valence-electron chi connectivity index (χ2n) is 4.00. The third kappa shape index (κ3) is 2.86. The van der Waals surface area contributed by atoms with E-state index in [1.165, 1.54) is 6.42 Å². The third-order valence-electron chi connectivity index (χ3n) is 2.68. The number of hydrogen-bond donors (Lipinski definition) is 1. The molecule has 1 saturated heterocycles. The van der Waals surface area contributed by atoms with Crippen LogP contribution >= 0.6 is 11.6 Å². The van der Waals surface area contributed by atoms with Crippen LogP contribution in [0.1, 0.15) is 18.4 Å². The highest BCUT2D eigenvalue weighted by Crippen LogP contribution is 2.23. The normalized spacial score (nSPS) is 21.3. The summed E-state index contributed by atoms with van der Waals surface area (Å²) in [7, 11) is 0. The van der Waals surface area contributed by atoms with Crippen LogP contribution < -0.4 is 10.1 Å². The molecule has 1 aromatic rings. The van der Waals surface area contributed by atoms with Crippen molar-refractivity contribution in [2.75, 3.05) is 13.1 Å². The summed E-state index contributed by atoms with van der Waals surface area (Å²) in [5.41, 5.74) is 1.10. The first-order valence-electron chi connectivity index (χ1n) is 5.39. The molecule has 1 heterocycles. The highest BCUT2D eigenvalue weighted by molar-refractivity contribution is 6.30. The Kier molecular flexibility index (Phi) is 3.49. The third-order valence-corrected chi connectivity index (χ3v) is 2.92. The summed E-state index contributed by atoms with van der Waals surface area (Å²) in [6.07, 6.45) is 2.63. The van der Waals surface area contributed by atoms with E-state index >= 15 is 0 Å². The molecule has 0 bridgehead atoms. The second-order valence-corrected chi connectivity index (χ2v) is 4.43. The van der Waals surface area contributed by atoms with Gasteiger partial charge in [-0.2, -0.15) is 0 Å². The Morgan fingerprint density at radius 2 is 2.33 bits per heavy atom. The number of ether oxygens (including phenoxy) is 1. The molecule has 0 spiro atoms. The Hall–Kier alpha value is -0.730. The van der Waals surface area contributed by atoms with E-state index in [0.29, 0.717) is 6.10 Å². The van der Waals surface area contributed by atoms with Gasteiger partial charge >= 0.3 is 0 Å². The van der Waals surface area contributed by atoms with Crippen LogP contribution in [0.15, 0.2) is 18.2 Å². The summed E-state index contributed by atoms with van der Waals surface area (Å²) in [6.45, 7) is 4.08. The number of rotatable bonds is 2. The van der Waals surface area contributed by atoms with Gasteiger partial charge in [-0.25, -0.2) is 0 Å². The highest BCUT2D eigenvalue weighted by atomic mass is 35.5. The minimum atomic E-state index is 0.304. The van der Waals surface area contributed by atoms with Crippen molar-refractivity contribution < 1.29 is 4.74 Å². The predicted octanol–water partition coefficient (Wildman–Crippen LogP) is 2.78. The Labute approximate surface area is 95.6 Å². The number of hydrogen-bond acceptors (Lipinski definition) is 2. The minimum Gasteiger partial charge on any atom is -0.489 e. The molecule has 3 heteroatoms. The Morgan fingerprint density at radius 3 is 3.00 bits per heavy atom. The number of halogens is 1. The lowest BCUT2D eigenvalue weighted by molar-refractivity contribution is 0.166. The summed E-state index contributed by atoms with van der Waals surface area (Å²) < 4.78 is 5.92. The van der Waals surface area contributed by atoms with Gasteiger partial charge in [-0.3, -0.25) is 0 Å². The maximum Gasteiger partial charge on any atom is 0.122 e. The molecule has 2 nitrogen and oxygen atoms in total. The summed E-state index contributed by atoms with van der Waals surface area (Å²) in [5, 5.41) is 4.10. The number of aryl methyl sites for hydroxylation is 1. The van der Waals surface area contributed by atoms with E-state index in [-0.39, 0.29) is 0 Å². The van der Waals surface area contributed by atoms with Crippen LogP contribution in [0.3, 0.4) is 0 Å². The monoisotopic (exact) mass is 225 g/mol. The lowest BCUT2D eigenvalue weighted by Gasteiger charge is -2.24. The van der Waals surface area contributed by atoms with Crippen molar-refractivity contribution >= 4 is 11.6 Å². The van der Waals surface area contributed by atoms with Crippen LogP contribution in [-0.4, -0.2) is 19.2 Å². The van der Waals surface area contributed by atoms with Crippen LogP contribution in [-0.2, 0) is 0 Å². The SMILES string of the molecule is Cc1cc(Cl)ccc1OC1CCCNC1. The molecule has 1 aliphatic heterocycles. The smallest absolute Gasteiger partial charge is 0.122 e. The van der Waals surface area contributed by atoms with Crippen LogP contribution in [0.5, 0.6) is 5.75 Å². The van der Waals surface area contributed by atoms with E-state index < -0.39 is 0 Å². The molecule has 0 amide bonds. The molecule has 1 fully saturated rings. The van der Waals surface area contributed by atoms with Gasteiger partial charge in [0.1, 0.15) is 11.9 Å². The molecule has 0 saturated carbocycles. The molecule has 1 N–H and O–H groups in total. The van der Waals surface area contributed by atoms with Crippen LogP contribution in [0.25, 0.3) is 0 Å². The Bertz CT molecular complexity index is 334. The van der Waals surface area contributed by atoms with Crippen molar-refractivity contribution in [3.63, 3.8) is 0 Å². The quantitative estimate of drug-likeness (QED) is 0.836. The molecule has 1 unspecified atom stereocenters. The highest BCUT2D eigenvalue weighted by Gasteiger charge is 2.15. The minimum absolute atomic E-state index is 0.304. The number of piperidine rings is 1. The van der Waals surface area contributed by atoms with Gasteiger partial charge in [-0.1, -0.05) is 11.6 Å². The maximum absolute atomic E-state index is 5.92. The fraction of sp³-hybridized carbons (Fsp3) is 0.500. The maximum atomic E-state index is 5.92. The van der Waals surface area contributed by atoms with Gasteiger partial charge in [-0.15, -0.1) is 0 Å². The van der Waals surface area contributed by atoms with Crippen molar-refractivity contribution in [3.05, 3.63) is 28.8 Å². The van der Waals surface area contributed by atoms with Crippen molar-refractivity contribution in [2.24, 2.45) is 0 Å². The summed E-state index contributed by atoms with van der Waals surface area (Å²) in [5.74, 6) is 0.952.